The van der Waals surface area contributed by atoms with Gasteiger partial charge in [-0.05, 0) is 19.8 Å². The lowest BCUT2D eigenvalue weighted by Gasteiger charge is -2.37. The van der Waals surface area contributed by atoms with Gasteiger partial charge in [-0.25, -0.2) is 9.37 Å². The summed E-state index contributed by atoms with van der Waals surface area (Å²) in [6.07, 6.45) is 3.24. The molecular weight excluding hydrogens is 235 g/mol. The molecule has 0 radical (unpaired) electrons. The quantitative estimate of drug-likeness (QED) is 0.889. The Labute approximate surface area is 106 Å². The molecule has 0 amide bonds. The van der Waals surface area contributed by atoms with Crippen LogP contribution < -0.4 is 10.2 Å². The van der Waals surface area contributed by atoms with E-state index in [1.807, 2.05) is 4.90 Å². The van der Waals surface area contributed by atoms with E-state index in [9.17, 15) is 4.39 Å². The first-order valence-corrected chi connectivity index (χ1v) is 6.15. The molecule has 2 heterocycles. The minimum absolute atomic E-state index is 0.206. The fourth-order valence-corrected chi connectivity index (χ4v) is 2.34. The monoisotopic (exact) mass is 254 g/mol. The second kappa shape index (κ2) is 5.48. The van der Waals surface area contributed by atoms with Crippen LogP contribution in [0, 0.1) is 5.82 Å². The summed E-state index contributed by atoms with van der Waals surface area (Å²) < 4.78 is 19.2. The van der Waals surface area contributed by atoms with Gasteiger partial charge in [0.1, 0.15) is 0 Å². The van der Waals surface area contributed by atoms with Crippen molar-refractivity contribution in [3.63, 3.8) is 0 Å². The average Bonchev–Trinajstić information content (AvgIpc) is 2.39. The van der Waals surface area contributed by atoms with Crippen LogP contribution in [-0.2, 0) is 4.74 Å². The summed E-state index contributed by atoms with van der Waals surface area (Å²) in [5, 5.41) is 2.83. The number of nitrogens with one attached hydrogen (secondary N) is 1. The first-order valence-electron chi connectivity index (χ1n) is 6.15. The minimum atomic E-state index is -0.378. The molecule has 0 aliphatic carbocycles. The van der Waals surface area contributed by atoms with Gasteiger partial charge >= 0.3 is 0 Å². The molecular formula is C12H19FN4O. The van der Waals surface area contributed by atoms with Crippen molar-refractivity contribution >= 4 is 11.8 Å². The molecule has 1 aromatic heterocycles. The molecule has 5 nitrogen and oxygen atoms in total. The number of hydrogen-bond acceptors (Lipinski definition) is 5. The minimum Gasteiger partial charge on any atom is -0.381 e. The van der Waals surface area contributed by atoms with E-state index in [1.54, 1.807) is 14.2 Å². The van der Waals surface area contributed by atoms with E-state index in [0.717, 1.165) is 19.4 Å². The lowest BCUT2D eigenvalue weighted by atomic mass is 10.0. The van der Waals surface area contributed by atoms with Crippen molar-refractivity contribution in [1.29, 1.82) is 0 Å². The third-order valence-corrected chi connectivity index (χ3v) is 3.38. The number of aromatic nitrogens is 2. The average molecular weight is 254 g/mol. The van der Waals surface area contributed by atoms with Crippen molar-refractivity contribution in [1.82, 2.24) is 9.97 Å². The van der Waals surface area contributed by atoms with Crippen LogP contribution in [-0.4, -0.2) is 42.8 Å². The summed E-state index contributed by atoms with van der Waals surface area (Å²) in [4.78, 5) is 10.0. The Morgan fingerprint density at radius 2 is 2.33 bits per heavy atom. The topological polar surface area (TPSA) is 50.3 Å². The summed E-state index contributed by atoms with van der Waals surface area (Å²) in [6, 6.07) is 0.206. The zero-order valence-corrected chi connectivity index (χ0v) is 11.0. The molecule has 100 valence electrons. The summed E-state index contributed by atoms with van der Waals surface area (Å²) in [7, 11) is 3.44. The fraction of sp³-hybridized carbons (Fsp3) is 0.667. The van der Waals surface area contributed by atoms with Crippen molar-refractivity contribution in [3.05, 3.63) is 12.0 Å². The molecule has 18 heavy (non-hydrogen) atoms. The van der Waals surface area contributed by atoms with Crippen molar-refractivity contribution < 1.29 is 9.13 Å². The Morgan fingerprint density at radius 1 is 1.56 bits per heavy atom. The van der Waals surface area contributed by atoms with Gasteiger partial charge in [-0.3, -0.25) is 0 Å². The van der Waals surface area contributed by atoms with E-state index in [2.05, 4.69) is 22.2 Å². The zero-order chi connectivity index (χ0) is 13.1. The molecule has 1 aliphatic rings. The molecule has 1 saturated heterocycles. The van der Waals surface area contributed by atoms with Gasteiger partial charge in [0.05, 0.1) is 12.3 Å². The Bertz CT molecular complexity index is 415. The number of hydrogen-bond donors (Lipinski definition) is 1. The van der Waals surface area contributed by atoms with E-state index < -0.39 is 0 Å². The highest BCUT2D eigenvalue weighted by atomic mass is 19.1. The van der Waals surface area contributed by atoms with Gasteiger partial charge in [0.15, 0.2) is 11.6 Å². The second-order valence-electron chi connectivity index (χ2n) is 4.54. The van der Waals surface area contributed by atoms with Crippen LogP contribution in [0.3, 0.4) is 0 Å². The number of rotatable bonds is 3. The van der Waals surface area contributed by atoms with E-state index in [1.165, 1.54) is 6.20 Å². The highest BCUT2D eigenvalue weighted by Crippen LogP contribution is 2.26. The van der Waals surface area contributed by atoms with E-state index in [-0.39, 0.29) is 18.0 Å². The largest absolute Gasteiger partial charge is 0.381 e. The maximum absolute atomic E-state index is 13.8. The lowest BCUT2D eigenvalue weighted by molar-refractivity contribution is 0.0718. The molecule has 1 N–H and O–H groups in total. The summed E-state index contributed by atoms with van der Waals surface area (Å²) in [5.41, 5.74) is 0. The van der Waals surface area contributed by atoms with Crippen LogP contribution in [0.4, 0.5) is 16.2 Å². The SMILES string of the molecule is CNc1ncc(F)c(N2CCC(OC)CC2C)n1. The number of halogens is 1. The number of nitrogens with zero attached hydrogens (tertiary/aromatic N) is 3. The molecule has 2 unspecified atom stereocenters. The number of methoxy groups -OCH3 is 1. The molecule has 1 aromatic rings. The molecule has 2 atom stereocenters. The first kappa shape index (κ1) is 13.0. The van der Waals surface area contributed by atoms with Crippen LogP contribution in [0.15, 0.2) is 6.20 Å². The Balaban J connectivity index is 2.21. The summed E-state index contributed by atoms with van der Waals surface area (Å²) >= 11 is 0. The first-order chi connectivity index (χ1) is 8.65. The zero-order valence-electron chi connectivity index (χ0n) is 11.0. The van der Waals surface area contributed by atoms with Gasteiger partial charge < -0.3 is 15.0 Å². The van der Waals surface area contributed by atoms with Crippen molar-refractivity contribution in [2.75, 3.05) is 30.9 Å². The van der Waals surface area contributed by atoms with Crippen LogP contribution in [0.5, 0.6) is 0 Å². The Morgan fingerprint density at radius 3 is 2.94 bits per heavy atom. The molecule has 0 aromatic carbocycles. The number of piperidine rings is 1. The maximum atomic E-state index is 13.8. The van der Waals surface area contributed by atoms with Crippen molar-refractivity contribution in [2.45, 2.75) is 31.9 Å². The molecule has 2 rings (SSSR count). The van der Waals surface area contributed by atoms with Crippen molar-refractivity contribution in [2.24, 2.45) is 0 Å². The Hall–Kier alpha value is -1.43. The number of anilines is 2. The summed E-state index contributed by atoms with van der Waals surface area (Å²) in [5.74, 6) is 0.431. The van der Waals surface area contributed by atoms with E-state index in [4.69, 9.17) is 4.74 Å². The van der Waals surface area contributed by atoms with Crippen LogP contribution in [0.2, 0.25) is 0 Å². The van der Waals surface area contributed by atoms with Gasteiger partial charge in [0, 0.05) is 26.7 Å². The molecule has 0 spiro atoms. The van der Waals surface area contributed by atoms with E-state index in [0.29, 0.717) is 11.8 Å². The van der Waals surface area contributed by atoms with Gasteiger partial charge in [-0.2, -0.15) is 4.98 Å². The Kier molecular flexibility index (Phi) is 3.96. The number of ether oxygens (including phenoxy) is 1. The van der Waals surface area contributed by atoms with Crippen LogP contribution in [0.1, 0.15) is 19.8 Å². The highest BCUT2D eigenvalue weighted by Gasteiger charge is 2.28. The molecule has 1 aliphatic heterocycles. The maximum Gasteiger partial charge on any atom is 0.224 e. The molecule has 0 saturated carbocycles. The van der Waals surface area contributed by atoms with Gasteiger partial charge in [-0.15, -0.1) is 0 Å². The smallest absolute Gasteiger partial charge is 0.224 e. The van der Waals surface area contributed by atoms with Gasteiger partial charge in [0.2, 0.25) is 5.95 Å². The van der Waals surface area contributed by atoms with Crippen LogP contribution in [0.25, 0.3) is 0 Å². The molecule has 1 fully saturated rings. The molecule has 6 heteroatoms. The van der Waals surface area contributed by atoms with Gasteiger partial charge in [-0.1, -0.05) is 0 Å². The van der Waals surface area contributed by atoms with Crippen LogP contribution >= 0.6 is 0 Å². The van der Waals surface area contributed by atoms with E-state index >= 15 is 0 Å². The predicted molar refractivity (Wildman–Crippen MR) is 68.4 cm³/mol. The standard InChI is InChI=1S/C12H19FN4O/c1-8-6-9(18-3)4-5-17(8)11-10(13)7-15-12(14-2)16-11/h7-9H,4-6H2,1-3H3,(H,14,15,16). The lowest BCUT2D eigenvalue weighted by Crippen LogP contribution is -2.44. The fourth-order valence-electron chi connectivity index (χ4n) is 2.34. The van der Waals surface area contributed by atoms with Crippen molar-refractivity contribution in [3.8, 4) is 0 Å². The predicted octanol–water partition coefficient (Wildman–Crippen LogP) is 1.66. The van der Waals surface area contributed by atoms with Gasteiger partial charge in [0.25, 0.3) is 0 Å². The summed E-state index contributed by atoms with van der Waals surface area (Å²) in [6.45, 7) is 2.81. The third kappa shape index (κ3) is 2.53. The second-order valence-corrected chi connectivity index (χ2v) is 4.54. The normalized spacial score (nSPS) is 24.1. The third-order valence-electron chi connectivity index (χ3n) is 3.38. The molecule has 0 bridgehead atoms. The highest BCUT2D eigenvalue weighted by molar-refractivity contribution is 5.45.